The Morgan fingerprint density at radius 2 is 1.95 bits per heavy atom. The molecule has 0 fully saturated rings. The van der Waals surface area contributed by atoms with Gasteiger partial charge >= 0.3 is 5.97 Å². The largest absolute Gasteiger partial charge is 0.480 e. The molecule has 0 aliphatic rings. The second kappa shape index (κ2) is 9.46. The van der Waals surface area contributed by atoms with Crippen LogP contribution in [0.25, 0.3) is 0 Å². The first-order valence-electron chi connectivity index (χ1n) is 6.84. The lowest BCUT2D eigenvalue weighted by Gasteiger charge is -2.19. The molecule has 118 valence electrons. The van der Waals surface area contributed by atoms with Gasteiger partial charge in [-0.05, 0) is 12.5 Å². The van der Waals surface area contributed by atoms with Crippen molar-refractivity contribution in [3.8, 4) is 0 Å². The molecule has 0 amide bonds. The maximum atomic E-state index is 11.3. The van der Waals surface area contributed by atoms with Crippen LogP contribution in [0.5, 0.6) is 0 Å². The van der Waals surface area contributed by atoms with Crippen LogP contribution in [0.4, 0.5) is 0 Å². The first kappa shape index (κ1) is 17.6. The molecule has 0 radical (unpaired) electrons. The number of carboxylic acids is 1. The minimum atomic E-state index is -0.984. The van der Waals surface area contributed by atoms with Crippen LogP contribution in [0.3, 0.4) is 0 Å². The zero-order chi connectivity index (χ0) is 15.7. The SMILES string of the molecule is COCC(C)OCC(O)CNC(C(=O)O)c1ccccc1. The molecular formula is C15H23NO5. The van der Waals surface area contributed by atoms with Gasteiger partial charge in [-0.25, -0.2) is 0 Å². The number of ether oxygens (including phenoxy) is 2. The Hall–Kier alpha value is -1.47. The van der Waals surface area contributed by atoms with Gasteiger partial charge in [-0.2, -0.15) is 0 Å². The number of hydrogen-bond acceptors (Lipinski definition) is 5. The molecule has 0 saturated heterocycles. The molecule has 3 N–H and O–H groups in total. The Morgan fingerprint density at radius 3 is 2.52 bits per heavy atom. The first-order chi connectivity index (χ1) is 10.0. The van der Waals surface area contributed by atoms with Gasteiger partial charge < -0.3 is 19.7 Å². The van der Waals surface area contributed by atoms with Gasteiger partial charge in [0.1, 0.15) is 6.04 Å². The Kier molecular flexibility index (Phi) is 7.92. The summed E-state index contributed by atoms with van der Waals surface area (Å²) < 4.78 is 10.3. The van der Waals surface area contributed by atoms with Crippen molar-refractivity contribution in [3.05, 3.63) is 35.9 Å². The third-order valence-electron chi connectivity index (χ3n) is 2.91. The van der Waals surface area contributed by atoms with Gasteiger partial charge in [-0.3, -0.25) is 10.1 Å². The van der Waals surface area contributed by atoms with Crippen molar-refractivity contribution in [1.82, 2.24) is 5.32 Å². The number of carboxylic acid groups (broad SMARTS) is 1. The molecule has 0 saturated carbocycles. The lowest BCUT2D eigenvalue weighted by atomic mass is 10.1. The van der Waals surface area contributed by atoms with Crippen molar-refractivity contribution < 1.29 is 24.5 Å². The molecule has 0 aliphatic heterocycles. The van der Waals surface area contributed by atoms with E-state index in [1.54, 1.807) is 31.4 Å². The van der Waals surface area contributed by atoms with Crippen molar-refractivity contribution in [2.45, 2.75) is 25.2 Å². The highest BCUT2D eigenvalue weighted by atomic mass is 16.5. The van der Waals surface area contributed by atoms with Crippen molar-refractivity contribution >= 4 is 5.97 Å². The molecule has 0 heterocycles. The molecule has 0 spiro atoms. The predicted molar refractivity (Wildman–Crippen MR) is 78.1 cm³/mol. The van der Waals surface area contributed by atoms with Crippen molar-refractivity contribution in [1.29, 1.82) is 0 Å². The topological polar surface area (TPSA) is 88.0 Å². The summed E-state index contributed by atoms with van der Waals surface area (Å²) in [6.07, 6.45) is -0.899. The number of methoxy groups -OCH3 is 1. The molecule has 1 aromatic rings. The first-order valence-corrected chi connectivity index (χ1v) is 6.84. The maximum absolute atomic E-state index is 11.3. The fourth-order valence-corrected chi connectivity index (χ4v) is 1.86. The number of rotatable bonds is 10. The lowest BCUT2D eigenvalue weighted by Crippen LogP contribution is -2.37. The number of aliphatic hydroxyl groups is 1. The van der Waals surface area contributed by atoms with E-state index in [0.717, 1.165) is 0 Å². The summed E-state index contributed by atoms with van der Waals surface area (Å²) in [6, 6.07) is 7.99. The van der Waals surface area contributed by atoms with Crippen LogP contribution in [0.15, 0.2) is 30.3 Å². The Labute approximate surface area is 124 Å². The number of benzene rings is 1. The standard InChI is InChI=1S/C15H23NO5/c1-11(9-20-2)21-10-13(17)8-16-14(15(18)19)12-6-4-3-5-7-12/h3-7,11,13-14,16-17H,8-10H2,1-2H3,(H,18,19). The predicted octanol–water partition coefficient (Wildman–Crippen LogP) is 0.814. The molecule has 3 unspecified atom stereocenters. The highest BCUT2D eigenvalue weighted by Crippen LogP contribution is 2.12. The quantitative estimate of drug-likeness (QED) is 0.592. The summed E-state index contributed by atoms with van der Waals surface area (Å²) in [7, 11) is 1.58. The minimum Gasteiger partial charge on any atom is -0.480 e. The third kappa shape index (κ3) is 6.68. The zero-order valence-electron chi connectivity index (χ0n) is 12.4. The fraction of sp³-hybridized carbons (Fsp3) is 0.533. The summed E-state index contributed by atoms with van der Waals surface area (Å²) in [6.45, 7) is 2.54. The number of aliphatic hydroxyl groups excluding tert-OH is 1. The molecule has 0 aromatic heterocycles. The molecule has 0 aliphatic carbocycles. The van der Waals surface area contributed by atoms with E-state index >= 15 is 0 Å². The summed E-state index contributed by atoms with van der Waals surface area (Å²) in [4.78, 5) is 11.3. The average molecular weight is 297 g/mol. The second-order valence-corrected chi connectivity index (χ2v) is 4.84. The maximum Gasteiger partial charge on any atom is 0.325 e. The Morgan fingerprint density at radius 1 is 1.29 bits per heavy atom. The van der Waals surface area contributed by atoms with Gasteiger partial charge in [0.05, 0.1) is 25.4 Å². The second-order valence-electron chi connectivity index (χ2n) is 4.84. The van der Waals surface area contributed by atoms with E-state index in [2.05, 4.69) is 5.32 Å². The Balaban J connectivity index is 2.42. The molecule has 1 aromatic carbocycles. The van der Waals surface area contributed by atoms with Gasteiger partial charge in [0.2, 0.25) is 0 Å². The van der Waals surface area contributed by atoms with E-state index in [1.807, 2.05) is 13.0 Å². The fourth-order valence-electron chi connectivity index (χ4n) is 1.86. The Bertz CT molecular complexity index is 412. The zero-order valence-corrected chi connectivity index (χ0v) is 12.4. The number of aliphatic carboxylic acids is 1. The van der Waals surface area contributed by atoms with Gasteiger partial charge in [0.15, 0.2) is 0 Å². The van der Waals surface area contributed by atoms with E-state index in [4.69, 9.17) is 9.47 Å². The van der Waals surface area contributed by atoms with E-state index in [0.29, 0.717) is 12.2 Å². The number of hydrogen-bond donors (Lipinski definition) is 3. The normalized spacial score (nSPS) is 15.4. The number of nitrogens with one attached hydrogen (secondary N) is 1. The van der Waals surface area contributed by atoms with Gasteiger partial charge in [0, 0.05) is 13.7 Å². The van der Waals surface area contributed by atoms with E-state index in [-0.39, 0.29) is 19.3 Å². The van der Waals surface area contributed by atoms with E-state index < -0.39 is 18.1 Å². The average Bonchev–Trinajstić information content (AvgIpc) is 2.46. The summed E-state index contributed by atoms with van der Waals surface area (Å²) in [5.74, 6) is -0.984. The van der Waals surface area contributed by atoms with Gasteiger partial charge in [-0.15, -0.1) is 0 Å². The highest BCUT2D eigenvalue weighted by Gasteiger charge is 2.20. The summed E-state index contributed by atoms with van der Waals surface area (Å²) in [5, 5.41) is 21.9. The highest BCUT2D eigenvalue weighted by molar-refractivity contribution is 5.75. The van der Waals surface area contributed by atoms with Crippen LogP contribution in [0, 0.1) is 0 Å². The molecule has 21 heavy (non-hydrogen) atoms. The molecular weight excluding hydrogens is 274 g/mol. The van der Waals surface area contributed by atoms with E-state index in [9.17, 15) is 15.0 Å². The minimum absolute atomic E-state index is 0.117. The van der Waals surface area contributed by atoms with Gasteiger partial charge in [-0.1, -0.05) is 30.3 Å². The van der Waals surface area contributed by atoms with Crippen molar-refractivity contribution in [2.24, 2.45) is 0 Å². The van der Waals surface area contributed by atoms with Crippen molar-refractivity contribution in [2.75, 3.05) is 26.9 Å². The summed E-state index contributed by atoms with van der Waals surface area (Å²) >= 11 is 0. The molecule has 6 nitrogen and oxygen atoms in total. The smallest absolute Gasteiger partial charge is 0.325 e. The molecule has 6 heteroatoms. The third-order valence-corrected chi connectivity index (χ3v) is 2.91. The number of carbonyl (C=O) groups is 1. The molecule has 3 atom stereocenters. The van der Waals surface area contributed by atoms with Crippen LogP contribution in [0.1, 0.15) is 18.5 Å². The van der Waals surface area contributed by atoms with Crippen LogP contribution >= 0.6 is 0 Å². The van der Waals surface area contributed by atoms with Gasteiger partial charge in [0.25, 0.3) is 0 Å². The van der Waals surface area contributed by atoms with Crippen LogP contribution < -0.4 is 5.32 Å². The summed E-state index contributed by atoms with van der Waals surface area (Å²) in [5.41, 5.74) is 0.644. The van der Waals surface area contributed by atoms with E-state index in [1.165, 1.54) is 0 Å². The van der Waals surface area contributed by atoms with Crippen LogP contribution in [-0.4, -0.2) is 55.3 Å². The van der Waals surface area contributed by atoms with Crippen LogP contribution in [0.2, 0.25) is 0 Å². The lowest BCUT2D eigenvalue weighted by molar-refractivity contribution is -0.139. The van der Waals surface area contributed by atoms with Crippen LogP contribution in [-0.2, 0) is 14.3 Å². The molecule has 1 rings (SSSR count). The molecule has 0 bridgehead atoms. The van der Waals surface area contributed by atoms with Crippen molar-refractivity contribution in [3.63, 3.8) is 0 Å². The monoisotopic (exact) mass is 297 g/mol.